The normalized spacial score (nSPS) is 15.1. The molecule has 1 aromatic rings. The SMILES string of the molecule is O=C(CN1CCCC1=O)Nc1ncccc1Br. The van der Waals surface area contributed by atoms with Crippen LogP contribution >= 0.6 is 15.9 Å². The lowest BCUT2D eigenvalue weighted by atomic mass is 10.4. The molecular formula is C11H12BrN3O2. The second kappa shape index (κ2) is 5.27. The number of carbonyl (C=O) groups excluding carboxylic acids is 2. The molecule has 6 heteroatoms. The van der Waals surface area contributed by atoms with Crippen LogP contribution in [0.4, 0.5) is 5.82 Å². The van der Waals surface area contributed by atoms with Crippen molar-refractivity contribution >= 4 is 33.6 Å². The zero-order chi connectivity index (χ0) is 12.3. The maximum atomic E-state index is 11.7. The van der Waals surface area contributed by atoms with Crippen molar-refractivity contribution in [3.05, 3.63) is 22.8 Å². The zero-order valence-electron chi connectivity index (χ0n) is 9.15. The number of pyridine rings is 1. The van der Waals surface area contributed by atoms with E-state index in [9.17, 15) is 9.59 Å². The van der Waals surface area contributed by atoms with Crippen LogP contribution in [0.2, 0.25) is 0 Å². The number of nitrogens with zero attached hydrogens (tertiary/aromatic N) is 2. The monoisotopic (exact) mass is 297 g/mol. The van der Waals surface area contributed by atoms with Crippen molar-refractivity contribution in [2.45, 2.75) is 12.8 Å². The van der Waals surface area contributed by atoms with Gasteiger partial charge >= 0.3 is 0 Å². The first kappa shape index (κ1) is 12.0. The van der Waals surface area contributed by atoms with Gasteiger partial charge < -0.3 is 10.2 Å². The van der Waals surface area contributed by atoms with Gasteiger partial charge in [-0.2, -0.15) is 0 Å². The highest BCUT2D eigenvalue weighted by atomic mass is 79.9. The molecule has 17 heavy (non-hydrogen) atoms. The number of carbonyl (C=O) groups is 2. The van der Waals surface area contributed by atoms with Gasteiger partial charge in [-0.1, -0.05) is 0 Å². The number of likely N-dealkylation sites (tertiary alicyclic amines) is 1. The maximum Gasteiger partial charge on any atom is 0.245 e. The minimum absolute atomic E-state index is 0.0419. The Bertz CT molecular complexity index is 450. The molecule has 0 spiro atoms. The standard InChI is InChI=1S/C11H12BrN3O2/c12-8-3-1-5-13-11(8)14-9(16)7-15-6-2-4-10(15)17/h1,3,5H,2,4,6-7H2,(H,13,14,16). The van der Waals surface area contributed by atoms with Crippen molar-refractivity contribution in [2.24, 2.45) is 0 Å². The van der Waals surface area contributed by atoms with Crippen LogP contribution < -0.4 is 5.32 Å². The Balaban J connectivity index is 1.93. The van der Waals surface area contributed by atoms with Crippen molar-refractivity contribution in [3.63, 3.8) is 0 Å². The molecule has 0 aromatic carbocycles. The van der Waals surface area contributed by atoms with E-state index in [0.717, 1.165) is 10.9 Å². The average molecular weight is 298 g/mol. The quantitative estimate of drug-likeness (QED) is 0.917. The van der Waals surface area contributed by atoms with Crippen LogP contribution in [-0.4, -0.2) is 34.8 Å². The fourth-order valence-electron chi connectivity index (χ4n) is 1.69. The number of hydrogen-bond donors (Lipinski definition) is 1. The number of rotatable bonds is 3. The van der Waals surface area contributed by atoms with Gasteiger partial charge in [0.25, 0.3) is 0 Å². The number of anilines is 1. The van der Waals surface area contributed by atoms with Gasteiger partial charge in [0.05, 0.1) is 11.0 Å². The van der Waals surface area contributed by atoms with E-state index in [2.05, 4.69) is 26.2 Å². The molecule has 2 rings (SSSR count). The highest BCUT2D eigenvalue weighted by molar-refractivity contribution is 9.10. The number of aromatic nitrogens is 1. The molecular weight excluding hydrogens is 286 g/mol. The summed E-state index contributed by atoms with van der Waals surface area (Å²) in [6.07, 6.45) is 2.97. The molecule has 1 aliphatic heterocycles. The second-order valence-corrected chi connectivity index (χ2v) is 4.66. The molecule has 2 amide bonds. The summed E-state index contributed by atoms with van der Waals surface area (Å²) in [6, 6.07) is 3.56. The van der Waals surface area contributed by atoms with Gasteiger partial charge in [-0.15, -0.1) is 0 Å². The van der Waals surface area contributed by atoms with Gasteiger partial charge in [0.1, 0.15) is 5.82 Å². The van der Waals surface area contributed by atoms with Crippen molar-refractivity contribution < 1.29 is 9.59 Å². The van der Waals surface area contributed by atoms with Crippen molar-refractivity contribution in [3.8, 4) is 0 Å². The molecule has 1 aliphatic rings. The molecule has 0 saturated carbocycles. The Kier molecular flexibility index (Phi) is 3.73. The molecule has 5 nitrogen and oxygen atoms in total. The summed E-state index contributed by atoms with van der Waals surface area (Å²) < 4.78 is 0.723. The third-order valence-corrected chi connectivity index (χ3v) is 3.16. The van der Waals surface area contributed by atoms with E-state index in [1.807, 2.05) is 0 Å². The Morgan fingerprint density at radius 1 is 1.59 bits per heavy atom. The van der Waals surface area contributed by atoms with Crippen molar-refractivity contribution in [1.82, 2.24) is 9.88 Å². The molecule has 0 bridgehead atoms. The molecule has 1 aromatic heterocycles. The number of hydrogen-bond acceptors (Lipinski definition) is 3. The Morgan fingerprint density at radius 3 is 3.06 bits per heavy atom. The van der Waals surface area contributed by atoms with E-state index in [0.29, 0.717) is 18.8 Å². The van der Waals surface area contributed by atoms with Gasteiger partial charge in [0.2, 0.25) is 11.8 Å². The van der Waals surface area contributed by atoms with Crippen molar-refractivity contribution in [2.75, 3.05) is 18.4 Å². The summed E-state index contributed by atoms with van der Waals surface area (Å²) in [5.41, 5.74) is 0. The Labute approximate surface area is 107 Å². The van der Waals surface area contributed by atoms with E-state index in [1.165, 1.54) is 0 Å². The van der Waals surface area contributed by atoms with Crippen LogP contribution in [0, 0.1) is 0 Å². The summed E-state index contributed by atoms with van der Waals surface area (Å²) in [6.45, 7) is 0.761. The predicted molar refractivity (Wildman–Crippen MR) is 66.4 cm³/mol. The van der Waals surface area contributed by atoms with Crippen LogP contribution in [0.5, 0.6) is 0 Å². The minimum Gasteiger partial charge on any atom is -0.333 e. The predicted octanol–water partition coefficient (Wildman–Crippen LogP) is 1.40. The second-order valence-electron chi connectivity index (χ2n) is 3.80. The Hall–Kier alpha value is -1.43. The van der Waals surface area contributed by atoms with Gasteiger partial charge in [-0.05, 0) is 34.5 Å². The third-order valence-electron chi connectivity index (χ3n) is 2.52. The number of nitrogens with one attached hydrogen (secondary N) is 1. The fraction of sp³-hybridized carbons (Fsp3) is 0.364. The lowest BCUT2D eigenvalue weighted by Gasteiger charge is -2.14. The van der Waals surface area contributed by atoms with Crippen LogP contribution in [0.25, 0.3) is 0 Å². The molecule has 90 valence electrons. The Morgan fingerprint density at radius 2 is 2.41 bits per heavy atom. The minimum atomic E-state index is -0.223. The highest BCUT2D eigenvalue weighted by Gasteiger charge is 2.22. The van der Waals surface area contributed by atoms with Crippen LogP contribution in [0.1, 0.15) is 12.8 Å². The van der Waals surface area contributed by atoms with Gasteiger partial charge in [-0.25, -0.2) is 4.98 Å². The van der Waals surface area contributed by atoms with Gasteiger partial charge in [-0.3, -0.25) is 9.59 Å². The smallest absolute Gasteiger partial charge is 0.245 e. The number of halogens is 1. The molecule has 0 unspecified atom stereocenters. The summed E-state index contributed by atoms with van der Waals surface area (Å²) >= 11 is 3.29. The first-order chi connectivity index (χ1) is 8.16. The summed E-state index contributed by atoms with van der Waals surface area (Å²) in [4.78, 5) is 28.6. The maximum absolute atomic E-state index is 11.7. The van der Waals surface area contributed by atoms with E-state index in [1.54, 1.807) is 23.2 Å². The van der Waals surface area contributed by atoms with Gasteiger partial charge in [0.15, 0.2) is 0 Å². The van der Waals surface area contributed by atoms with E-state index < -0.39 is 0 Å². The first-order valence-corrected chi connectivity index (χ1v) is 6.14. The van der Waals surface area contributed by atoms with Crippen LogP contribution in [-0.2, 0) is 9.59 Å². The molecule has 0 radical (unpaired) electrons. The first-order valence-electron chi connectivity index (χ1n) is 5.35. The zero-order valence-corrected chi connectivity index (χ0v) is 10.7. The van der Waals surface area contributed by atoms with Gasteiger partial charge in [0, 0.05) is 19.2 Å². The van der Waals surface area contributed by atoms with Crippen LogP contribution in [0.3, 0.4) is 0 Å². The molecule has 1 fully saturated rings. The van der Waals surface area contributed by atoms with Crippen molar-refractivity contribution in [1.29, 1.82) is 0 Å². The lowest BCUT2D eigenvalue weighted by molar-refractivity contribution is -0.131. The average Bonchev–Trinajstić information content (AvgIpc) is 2.68. The summed E-state index contributed by atoms with van der Waals surface area (Å²) in [7, 11) is 0. The van der Waals surface area contributed by atoms with E-state index in [4.69, 9.17) is 0 Å². The third kappa shape index (κ3) is 3.03. The molecule has 0 aliphatic carbocycles. The number of amides is 2. The topological polar surface area (TPSA) is 62.3 Å². The molecule has 1 N–H and O–H groups in total. The molecule has 0 atom stereocenters. The van der Waals surface area contributed by atoms with E-state index >= 15 is 0 Å². The van der Waals surface area contributed by atoms with E-state index in [-0.39, 0.29) is 18.4 Å². The largest absolute Gasteiger partial charge is 0.333 e. The summed E-state index contributed by atoms with van der Waals surface area (Å²) in [5.74, 6) is 0.295. The summed E-state index contributed by atoms with van der Waals surface area (Å²) in [5, 5.41) is 2.67. The molecule has 2 heterocycles. The molecule has 1 saturated heterocycles. The lowest BCUT2D eigenvalue weighted by Crippen LogP contribution is -2.34. The van der Waals surface area contributed by atoms with Crippen LogP contribution in [0.15, 0.2) is 22.8 Å². The highest BCUT2D eigenvalue weighted by Crippen LogP contribution is 2.18. The fourth-order valence-corrected chi connectivity index (χ4v) is 2.05.